The number of nitrogens with one attached hydrogen (secondary N) is 1. The summed E-state index contributed by atoms with van der Waals surface area (Å²) in [5, 5.41) is 2.14. The lowest BCUT2D eigenvalue weighted by Gasteiger charge is -2.35. The molecular formula is C17H23N5OS. The van der Waals surface area contributed by atoms with Crippen molar-refractivity contribution in [1.82, 2.24) is 24.7 Å². The minimum atomic E-state index is 0.270. The van der Waals surface area contributed by atoms with E-state index >= 15 is 0 Å². The molecule has 1 saturated heterocycles. The molecule has 6 nitrogen and oxygen atoms in total. The van der Waals surface area contributed by atoms with Crippen molar-refractivity contribution in [2.75, 3.05) is 39.3 Å². The maximum absolute atomic E-state index is 12.6. The van der Waals surface area contributed by atoms with Gasteiger partial charge in [-0.1, -0.05) is 0 Å². The fraction of sp³-hybridized carbons (Fsp3) is 0.529. The zero-order chi connectivity index (χ0) is 16.4. The molecule has 0 aliphatic carbocycles. The summed E-state index contributed by atoms with van der Waals surface area (Å²) in [7, 11) is 0. The van der Waals surface area contributed by atoms with Gasteiger partial charge in [0.2, 0.25) is 5.91 Å². The van der Waals surface area contributed by atoms with Crippen molar-refractivity contribution in [2.24, 2.45) is 0 Å². The first-order valence-electron chi connectivity index (χ1n) is 8.54. The van der Waals surface area contributed by atoms with Gasteiger partial charge in [-0.15, -0.1) is 11.3 Å². The molecule has 0 bridgehead atoms. The molecule has 0 spiro atoms. The van der Waals surface area contributed by atoms with Crippen LogP contribution in [0.4, 0.5) is 0 Å². The Morgan fingerprint density at radius 2 is 2.04 bits per heavy atom. The van der Waals surface area contributed by atoms with Crippen molar-refractivity contribution >= 4 is 17.2 Å². The highest BCUT2D eigenvalue weighted by molar-refractivity contribution is 7.10. The van der Waals surface area contributed by atoms with E-state index in [0.717, 1.165) is 58.1 Å². The van der Waals surface area contributed by atoms with Gasteiger partial charge in [-0.05, 0) is 23.4 Å². The topological polar surface area (TPSA) is 55.5 Å². The summed E-state index contributed by atoms with van der Waals surface area (Å²) in [5.74, 6) is 1.28. The predicted octanol–water partition coefficient (Wildman–Crippen LogP) is 1.17. The van der Waals surface area contributed by atoms with E-state index in [1.54, 1.807) is 6.20 Å². The van der Waals surface area contributed by atoms with Crippen molar-refractivity contribution in [3.8, 4) is 0 Å². The third-order valence-corrected chi connectivity index (χ3v) is 5.94. The summed E-state index contributed by atoms with van der Waals surface area (Å²) >= 11 is 1.81. The number of carbonyl (C=O) groups excluding carboxylic acids is 1. The standard InChI is InChI=1S/C17H23N5OS/c23-17(22-5-1-15-14(11-22)2-10-24-15)13-21-8-6-20(7-9-21)12-16-18-3-4-19-16/h2-4,10H,1,5-9,11-13H2,(H,18,19). The molecule has 1 amide bonds. The fourth-order valence-corrected chi connectivity index (χ4v) is 4.34. The van der Waals surface area contributed by atoms with E-state index in [4.69, 9.17) is 0 Å². The lowest BCUT2D eigenvalue weighted by molar-refractivity contribution is -0.133. The number of aromatic nitrogens is 2. The lowest BCUT2D eigenvalue weighted by Crippen LogP contribution is -2.50. The molecule has 0 radical (unpaired) electrons. The largest absolute Gasteiger partial charge is 0.348 e. The number of amides is 1. The molecular weight excluding hydrogens is 322 g/mol. The summed E-state index contributed by atoms with van der Waals surface area (Å²) in [6.07, 6.45) is 4.67. The van der Waals surface area contributed by atoms with Gasteiger partial charge in [-0.25, -0.2) is 4.98 Å². The predicted molar refractivity (Wildman–Crippen MR) is 93.7 cm³/mol. The number of piperazine rings is 1. The average molecular weight is 345 g/mol. The Bertz CT molecular complexity index is 675. The molecule has 128 valence electrons. The molecule has 2 aromatic heterocycles. The molecule has 4 rings (SSSR count). The highest BCUT2D eigenvalue weighted by Crippen LogP contribution is 2.24. The van der Waals surface area contributed by atoms with Crippen molar-refractivity contribution in [2.45, 2.75) is 19.5 Å². The van der Waals surface area contributed by atoms with Crippen LogP contribution in [0.25, 0.3) is 0 Å². The van der Waals surface area contributed by atoms with E-state index in [-0.39, 0.29) is 5.91 Å². The molecule has 2 aliphatic rings. The molecule has 4 heterocycles. The maximum atomic E-state index is 12.6. The van der Waals surface area contributed by atoms with E-state index in [1.807, 2.05) is 22.4 Å². The van der Waals surface area contributed by atoms with Crippen molar-refractivity contribution in [3.63, 3.8) is 0 Å². The first kappa shape index (κ1) is 15.8. The zero-order valence-electron chi connectivity index (χ0n) is 13.8. The van der Waals surface area contributed by atoms with Gasteiger partial charge in [-0.3, -0.25) is 14.6 Å². The van der Waals surface area contributed by atoms with Gasteiger partial charge < -0.3 is 9.88 Å². The monoisotopic (exact) mass is 345 g/mol. The number of imidazole rings is 1. The molecule has 0 saturated carbocycles. The van der Waals surface area contributed by atoms with Crippen LogP contribution < -0.4 is 0 Å². The normalized spacial score (nSPS) is 19.4. The second-order valence-corrected chi connectivity index (χ2v) is 7.52. The van der Waals surface area contributed by atoms with Gasteiger partial charge in [0, 0.05) is 56.5 Å². The summed E-state index contributed by atoms with van der Waals surface area (Å²) in [6.45, 7) is 6.94. The highest BCUT2D eigenvalue weighted by Gasteiger charge is 2.25. The van der Waals surface area contributed by atoms with Crippen LogP contribution in [0.1, 0.15) is 16.3 Å². The molecule has 24 heavy (non-hydrogen) atoms. The highest BCUT2D eigenvalue weighted by atomic mass is 32.1. The Kier molecular flexibility index (Phi) is 4.64. The first-order chi connectivity index (χ1) is 11.8. The van der Waals surface area contributed by atoms with E-state index in [1.165, 1.54) is 10.4 Å². The van der Waals surface area contributed by atoms with E-state index in [9.17, 15) is 4.79 Å². The Morgan fingerprint density at radius 1 is 1.21 bits per heavy atom. The number of carbonyl (C=O) groups is 1. The number of fused-ring (bicyclic) bond motifs is 1. The Morgan fingerprint density at radius 3 is 2.83 bits per heavy atom. The number of thiophene rings is 1. The smallest absolute Gasteiger partial charge is 0.237 e. The van der Waals surface area contributed by atoms with Crippen LogP contribution in [0.3, 0.4) is 0 Å². The Labute approximate surface area is 146 Å². The molecule has 1 fully saturated rings. The molecule has 0 atom stereocenters. The third kappa shape index (κ3) is 3.53. The number of hydrogen-bond acceptors (Lipinski definition) is 5. The van der Waals surface area contributed by atoms with Crippen LogP contribution in [0.2, 0.25) is 0 Å². The number of hydrogen-bond donors (Lipinski definition) is 1. The minimum Gasteiger partial charge on any atom is -0.348 e. The third-order valence-electron chi connectivity index (χ3n) is 4.91. The van der Waals surface area contributed by atoms with Gasteiger partial charge in [0.1, 0.15) is 5.82 Å². The Hall–Kier alpha value is -1.70. The minimum absolute atomic E-state index is 0.270. The average Bonchev–Trinajstić information content (AvgIpc) is 3.27. The summed E-state index contributed by atoms with van der Waals surface area (Å²) in [6, 6.07) is 2.16. The molecule has 2 aromatic rings. The van der Waals surface area contributed by atoms with Crippen LogP contribution in [0.15, 0.2) is 23.8 Å². The summed E-state index contributed by atoms with van der Waals surface area (Å²) in [4.78, 5) is 28.2. The first-order valence-corrected chi connectivity index (χ1v) is 9.42. The summed E-state index contributed by atoms with van der Waals surface area (Å²) in [5.41, 5.74) is 1.34. The number of rotatable bonds is 4. The van der Waals surface area contributed by atoms with Crippen LogP contribution in [-0.4, -0.2) is 69.8 Å². The van der Waals surface area contributed by atoms with E-state index in [0.29, 0.717) is 6.54 Å². The van der Waals surface area contributed by atoms with Crippen molar-refractivity contribution in [1.29, 1.82) is 0 Å². The molecule has 2 aliphatic heterocycles. The quantitative estimate of drug-likeness (QED) is 0.904. The molecule has 0 aromatic carbocycles. The summed E-state index contributed by atoms with van der Waals surface area (Å²) < 4.78 is 0. The Balaban J connectivity index is 1.24. The molecule has 0 unspecified atom stereocenters. The fourth-order valence-electron chi connectivity index (χ4n) is 3.45. The van der Waals surface area contributed by atoms with Crippen LogP contribution in [0, 0.1) is 0 Å². The van der Waals surface area contributed by atoms with Gasteiger partial charge in [0.05, 0.1) is 13.1 Å². The van der Waals surface area contributed by atoms with Crippen LogP contribution >= 0.6 is 11.3 Å². The van der Waals surface area contributed by atoms with Gasteiger partial charge >= 0.3 is 0 Å². The number of H-pyrrole nitrogens is 1. The van der Waals surface area contributed by atoms with Crippen molar-refractivity contribution in [3.05, 3.63) is 40.1 Å². The van der Waals surface area contributed by atoms with Gasteiger partial charge in [0.25, 0.3) is 0 Å². The lowest BCUT2D eigenvalue weighted by atomic mass is 10.1. The van der Waals surface area contributed by atoms with E-state index < -0.39 is 0 Å². The van der Waals surface area contributed by atoms with Crippen LogP contribution in [-0.2, 0) is 24.3 Å². The molecule has 1 N–H and O–H groups in total. The molecule has 7 heteroatoms. The number of nitrogens with zero attached hydrogens (tertiary/aromatic N) is 4. The van der Waals surface area contributed by atoms with Crippen LogP contribution in [0.5, 0.6) is 0 Å². The maximum Gasteiger partial charge on any atom is 0.237 e. The second-order valence-electron chi connectivity index (χ2n) is 6.52. The zero-order valence-corrected chi connectivity index (χ0v) is 14.6. The van der Waals surface area contributed by atoms with E-state index in [2.05, 4.69) is 31.2 Å². The number of aromatic amines is 1. The second kappa shape index (κ2) is 7.04. The van der Waals surface area contributed by atoms with Gasteiger partial charge in [0.15, 0.2) is 0 Å². The van der Waals surface area contributed by atoms with Gasteiger partial charge in [-0.2, -0.15) is 0 Å². The van der Waals surface area contributed by atoms with Crippen molar-refractivity contribution < 1.29 is 4.79 Å². The SMILES string of the molecule is O=C(CN1CCN(Cc2ncc[nH]2)CC1)N1CCc2sccc2C1.